The highest BCUT2D eigenvalue weighted by Crippen LogP contribution is 2.21. The number of amides is 1. The number of carbonyl (C=O) groups is 1. The van der Waals surface area contributed by atoms with Gasteiger partial charge in [-0.05, 0) is 6.42 Å². The number of hydrogen-bond donors (Lipinski definition) is 1. The smallest absolute Gasteiger partial charge is 0.239 e. The van der Waals surface area contributed by atoms with Crippen LogP contribution >= 0.6 is 11.8 Å². The zero-order chi connectivity index (χ0) is 9.68. The van der Waals surface area contributed by atoms with Crippen molar-refractivity contribution in [3.63, 3.8) is 0 Å². The molecule has 1 N–H and O–H groups in total. The van der Waals surface area contributed by atoms with E-state index < -0.39 is 0 Å². The minimum absolute atomic E-state index is 0.0429. The van der Waals surface area contributed by atoms with Gasteiger partial charge in [0.1, 0.15) is 0 Å². The second-order valence-electron chi connectivity index (χ2n) is 2.68. The molecular formula is C8H14N2O2S. The molecule has 1 fully saturated rings. The van der Waals surface area contributed by atoms with Crippen molar-refractivity contribution >= 4 is 22.8 Å². The summed E-state index contributed by atoms with van der Waals surface area (Å²) in [4.78, 5) is 15.4. The highest BCUT2D eigenvalue weighted by molar-refractivity contribution is 8.15. The Morgan fingerprint density at radius 3 is 3.00 bits per heavy atom. The Labute approximate surface area is 82.1 Å². The molecule has 1 aliphatic heterocycles. The Bertz CT molecular complexity index is 218. The van der Waals surface area contributed by atoms with Gasteiger partial charge in [-0.1, -0.05) is 18.7 Å². The fourth-order valence-electron chi connectivity index (χ4n) is 0.988. The summed E-state index contributed by atoms with van der Waals surface area (Å²) in [5.41, 5.74) is 0. The quantitative estimate of drug-likeness (QED) is 0.680. The van der Waals surface area contributed by atoms with Crippen LogP contribution in [0.2, 0.25) is 0 Å². The van der Waals surface area contributed by atoms with Crippen LogP contribution < -0.4 is 5.32 Å². The molecule has 1 rings (SSSR count). The molecule has 74 valence electrons. The van der Waals surface area contributed by atoms with E-state index in [1.54, 1.807) is 7.11 Å². The average Bonchev–Trinajstić information content (AvgIpc) is 2.47. The molecule has 1 unspecified atom stereocenters. The van der Waals surface area contributed by atoms with Crippen molar-refractivity contribution in [3.8, 4) is 0 Å². The minimum Gasteiger partial charge on any atom is -0.383 e. The lowest BCUT2D eigenvalue weighted by Crippen LogP contribution is -2.24. The summed E-state index contributed by atoms with van der Waals surface area (Å²) in [6.45, 7) is 3.20. The Balaban J connectivity index is 2.38. The van der Waals surface area contributed by atoms with Crippen molar-refractivity contribution in [2.75, 3.05) is 20.3 Å². The van der Waals surface area contributed by atoms with Crippen molar-refractivity contribution in [3.05, 3.63) is 0 Å². The van der Waals surface area contributed by atoms with Crippen LogP contribution in [0.5, 0.6) is 0 Å². The summed E-state index contributed by atoms with van der Waals surface area (Å²) in [6, 6.07) is 0. The van der Waals surface area contributed by atoms with Gasteiger partial charge in [-0.3, -0.25) is 9.79 Å². The van der Waals surface area contributed by atoms with Gasteiger partial charge in [-0.2, -0.15) is 0 Å². The van der Waals surface area contributed by atoms with E-state index >= 15 is 0 Å². The van der Waals surface area contributed by atoms with E-state index in [1.165, 1.54) is 11.8 Å². The zero-order valence-electron chi connectivity index (χ0n) is 7.87. The monoisotopic (exact) mass is 202 g/mol. The van der Waals surface area contributed by atoms with Crippen molar-refractivity contribution in [2.24, 2.45) is 4.99 Å². The standard InChI is InChI=1S/C8H14N2O2S/c1-3-6-7(11)10-8(13-6)9-4-5-12-2/h6H,3-5H2,1-2H3,(H,9,10,11). The van der Waals surface area contributed by atoms with E-state index in [2.05, 4.69) is 10.3 Å². The van der Waals surface area contributed by atoms with Crippen LogP contribution in [0.1, 0.15) is 13.3 Å². The molecule has 1 aliphatic rings. The van der Waals surface area contributed by atoms with Crippen LogP contribution in [0, 0.1) is 0 Å². The maximum absolute atomic E-state index is 11.2. The number of nitrogens with zero attached hydrogens (tertiary/aromatic N) is 1. The molecule has 1 atom stereocenters. The van der Waals surface area contributed by atoms with E-state index in [9.17, 15) is 4.79 Å². The molecular weight excluding hydrogens is 188 g/mol. The van der Waals surface area contributed by atoms with Crippen LogP contribution in [0.25, 0.3) is 0 Å². The molecule has 0 bridgehead atoms. The first-order valence-electron chi connectivity index (χ1n) is 4.28. The van der Waals surface area contributed by atoms with E-state index in [-0.39, 0.29) is 11.2 Å². The third kappa shape index (κ3) is 3.00. The second-order valence-corrected chi connectivity index (χ2v) is 3.88. The molecule has 1 amide bonds. The van der Waals surface area contributed by atoms with E-state index in [1.807, 2.05) is 6.92 Å². The first kappa shape index (κ1) is 10.5. The third-order valence-corrected chi connectivity index (χ3v) is 2.98. The number of aliphatic imine (C=N–C) groups is 1. The summed E-state index contributed by atoms with van der Waals surface area (Å²) in [7, 11) is 1.63. The maximum atomic E-state index is 11.2. The fraction of sp³-hybridized carbons (Fsp3) is 0.750. The van der Waals surface area contributed by atoms with E-state index in [0.29, 0.717) is 13.2 Å². The molecule has 0 aromatic carbocycles. The number of carbonyl (C=O) groups excluding carboxylic acids is 1. The molecule has 5 heteroatoms. The van der Waals surface area contributed by atoms with Gasteiger partial charge in [-0.15, -0.1) is 0 Å². The van der Waals surface area contributed by atoms with Gasteiger partial charge in [0.05, 0.1) is 18.4 Å². The summed E-state index contributed by atoms with van der Waals surface area (Å²) in [5, 5.41) is 3.51. The molecule has 0 aromatic rings. The van der Waals surface area contributed by atoms with Crippen molar-refractivity contribution in [2.45, 2.75) is 18.6 Å². The van der Waals surface area contributed by atoms with Gasteiger partial charge in [0.2, 0.25) is 5.91 Å². The van der Waals surface area contributed by atoms with Crippen molar-refractivity contribution in [1.29, 1.82) is 0 Å². The minimum atomic E-state index is 0.0429. The molecule has 0 aliphatic carbocycles. The topological polar surface area (TPSA) is 50.7 Å². The van der Waals surface area contributed by atoms with E-state index in [0.717, 1.165) is 11.6 Å². The van der Waals surface area contributed by atoms with Gasteiger partial charge in [0.25, 0.3) is 0 Å². The largest absolute Gasteiger partial charge is 0.383 e. The fourth-order valence-corrected chi connectivity index (χ4v) is 1.92. The number of nitrogens with one attached hydrogen (secondary N) is 1. The second kappa shape index (κ2) is 5.24. The lowest BCUT2D eigenvalue weighted by molar-refractivity contribution is -0.118. The van der Waals surface area contributed by atoms with Gasteiger partial charge < -0.3 is 10.1 Å². The first-order valence-corrected chi connectivity index (χ1v) is 5.16. The molecule has 0 saturated carbocycles. The Kier molecular flexibility index (Phi) is 4.24. The number of amidine groups is 1. The van der Waals surface area contributed by atoms with Gasteiger partial charge >= 0.3 is 0 Å². The SMILES string of the molecule is CCC1SC(=NCCOC)NC1=O. The Hall–Kier alpha value is -0.550. The highest BCUT2D eigenvalue weighted by atomic mass is 32.2. The number of thioether (sulfide) groups is 1. The molecule has 0 aromatic heterocycles. The molecule has 13 heavy (non-hydrogen) atoms. The van der Waals surface area contributed by atoms with Crippen molar-refractivity contribution in [1.82, 2.24) is 5.32 Å². The summed E-state index contributed by atoms with van der Waals surface area (Å²) >= 11 is 1.50. The summed E-state index contributed by atoms with van der Waals surface area (Å²) < 4.78 is 4.85. The summed E-state index contributed by atoms with van der Waals surface area (Å²) in [5.74, 6) is 0.0728. The van der Waals surface area contributed by atoms with E-state index in [4.69, 9.17) is 4.74 Å². The van der Waals surface area contributed by atoms with Gasteiger partial charge in [-0.25, -0.2) is 0 Å². The molecule has 4 nitrogen and oxygen atoms in total. The van der Waals surface area contributed by atoms with Crippen LogP contribution in [-0.2, 0) is 9.53 Å². The predicted molar refractivity (Wildman–Crippen MR) is 54.0 cm³/mol. The number of ether oxygens (including phenoxy) is 1. The van der Waals surface area contributed by atoms with Crippen LogP contribution in [0.15, 0.2) is 4.99 Å². The van der Waals surface area contributed by atoms with Crippen molar-refractivity contribution < 1.29 is 9.53 Å². The molecule has 1 saturated heterocycles. The van der Waals surface area contributed by atoms with Crippen LogP contribution in [0.3, 0.4) is 0 Å². The lowest BCUT2D eigenvalue weighted by Gasteiger charge is -1.96. The highest BCUT2D eigenvalue weighted by Gasteiger charge is 2.27. The predicted octanol–water partition coefficient (Wildman–Crippen LogP) is 0.630. The Morgan fingerprint density at radius 2 is 2.46 bits per heavy atom. The first-order chi connectivity index (χ1) is 6.27. The Morgan fingerprint density at radius 1 is 1.69 bits per heavy atom. The molecule has 1 heterocycles. The van der Waals surface area contributed by atoms with Gasteiger partial charge in [0, 0.05) is 7.11 Å². The third-order valence-electron chi connectivity index (χ3n) is 1.70. The molecule has 0 radical (unpaired) electrons. The number of rotatable bonds is 4. The normalized spacial score (nSPS) is 25.2. The lowest BCUT2D eigenvalue weighted by atomic mass is 10.3. The van der Waals surface area contributed by atoms with Crippen LogP contribution in [0.4, 0.5) is 0 Å². The van der Waals surface area contributed by atoms with Gasteiger partial charge in [0.15, 0.2) is 5.17 Å². The average molecular weight is 202 g/mol. The zero-order valence-corrected chi connectivity index (χ0v) is 8.69. The number of methoxy groups -OCH3 is 1. The molecule has 0 spiro atoms. The maximum Gasteiger partial charge on any atom is 0.239 e. The number of hydrogen-bond acceptors (Lipinski definition) is 4. The van der Waals surface area contributed by atoms with Crippen LogP contribution in [-0.4, -0.2) is 36.6 Å². The summed E-state index contributed by atoms with van der Waals surface area (Å²) in [6.07, 6.45) is 0.847.